The van der Waals surface area contributed by atoms with Gasteiger partial charge in [-0.2, -0.15) is 0 Å². The fourth-order valence-electron chi connectivity index (χ4n) is 2.72. The van der Waals surface area contributed by atoms with Gasteiger partial charge in [0.05, 0.1) is 11.0 Å². The minimum atomic E-state index is -0.459. The molecule has 0 fully saturated rings. The van der Waals surface area contributed by atoms with E-state index in [0.29, 0.717) is 11.1 Å². The highest BCUT2D eigenvalue weighted by Gasteiger charge is 2.19. The molecule has 2 aromatic rings. The van der Waals surface area contributed by atoms with Crippen molar-refractivity contribution in [1.82, 2.24) is 10.2 Å². The minimum Gasteiger partial charge on any atom is -0.352 e. The number of benzene rings is 2. The van der Waals surface area contributed by atoms with Gasteiger partial charge in [-0.05, 0) is 31.0 Å². The maximum atomic E-state index is 12.4. The van der Waals surface area contributed by atoms with Crippen LogP contribution in [0.2, 0.25) is 0 Å². The number of nitro benzene ring substituents is 1. The molecule has 0 saturated heterocycles. The van der Waals surface area contributed by atoms with Crippen LogP contribution < -0.4 is 5.32 Å². The second-order valence-corrected chi connectivity index (χ2v) is 6.35. The maximum Gasteiger partial charge on any atom is 0.269 e. The Kier molecular flexibility index (Phi) is 6.65. The molecule has 2 aromatic carbocycles. The predicted molar refractivity (Wildman–Crippen MR) is 102 cm³/mol. The summed E-state index contributed by atoms with van der Waals surface area (Å²) in [5.74, 6) is -0.366. The smallest absolute Gasteiger partial charge is 0.269 e. The summed E-state index contributed by atoms with van der Waals surface area (Å²) in [7, 11) is 1.65. The van der Waals surface area contributed by atoms with Gasteiger partial charge in [0, 0.05) is 37.7 Å². The lowest BCUT2D eigenvalue weighted by molar-refractivity contribution is -0.384. The average Bonchev–Trinajstić information content (AvgIpc) is 2.67. The first-order chi connectivity index (χ1) is 12.8. The standard InChI is InChI=1S/C20H23N3O4/c1-14-7-4-5-10-18(14)20(25)21-12-11-19(24)22(3)15(2)16-8-6-9-17(13-16)23(26)27/h4-10,13,15H,11-12H2,1-3H3,(H,21,25)/t15-/m0/s1. The Labute approximate surface area is 158 Å². The predicted octanol–water partition coefficient (Wildman–Crippen LogP) is 3.24. The fourth-order valence-corrected chi connectivity index (χ4v) is 2.72. The number of carbonyl (C=O) groups is 2. The van der Waals surface area contributed by atoms with Gasteiger partial charge in [-0.3, -0.25) is 19.7 Å². The van der Waals surface area contributed by atoms with Crippen LogP contribution in [0.5, 0.6) is 0 Å². The quantitative estimate of drug-likeness (QED) is 0.599. The summed E-state index contributed by atoms with van der Waals surface area (Å²) in [5.41, 5.74) is 2.13. The van der Waals surface area contributed by atoms with Gasteiger partial charge >= 0.3 is 0 Å². The van der Waals surface area contributed by atoms with Crippen molar-refractivity contribution in [3.05, 3.63) is 75.3 Å². The van der Waals surface area contributed by atoms with Crippen LogP contribution >= 0.6 is 0 Å². The summed E-state index contributed by atoms with van der Waals surface area (Å²) in [6, 6.07) is 13.2. The molecule has 2 rings (SSSR count). The van der Waals surface area contributed by atoms with Crippen LogP contribution in [0.4, 0.5) is 5.69 Å². The lowest BCUT2D eigenvalue weighted by atomic mass is 10.1. The molecule has 7 nitrogen and oxygen atoms in total. The summed E-state index contributed by atoms with van der Waals surface area (Å²) in [5, 5.41) is 13.7. The zero-order chi connectivity index (χ0) is 20.0. The van der Waals surface area contributed by atoms with Gasteiger partial charge in [0.2, 0.25) is 5.91 Å². The van der Waals surface area contributed by atoms with Crippen molar-refractivity contribution in [3.8, 4) is 0 Å². The Bertz CT molecular complexity index is 851. The number of carbonyl (C=O) groups excluding carboxylic acids is 2. The highest BCUT2D eigenvalue weighted by molar-refractivity contribution is 5.95. The SMILES string of the molecule is Cc1ccccc1C(=O)NCCC(=O)N(C)[C@@H](C)c1cccc([N+](=O)[O-])c1. The molecule has 0 unspecified atom stereocenters. The van der Waals surface area contributed by atoms with Crippen LogP contribution in [0.3, 0.4) is 0 Å². The average molecular weight is 369 g/mol. The van der Waals surface area contributed by atoms with E-state index < -0.39 is 4.92 Å². The third-order valence-electron chi connectivity index (χ3n) is 4.55. The van der Waals surface area contributed by atoms with E-state index in [9.17, 15) is 19.7 Å². The highest BCUT2D eigenvalue weighted by Crippen LogP contribution is 2.23. The first-order valence-electron chi connectivity index (χ1n) is 8.65. The van der Waals surface area contributed by atoms with E-state index in [1.807, 2.05) is 26.0 Å². The molecule has 0 aromatic heterocycles. The van der Waals surface area contributed by atoms with Crippen molar-refractivity contribution >= 4 is 17.5 Å². The first-order valence-corrected chi connectivity index (χ1v) is 8.65. The molecule has 0 spiro atoms. The van der Waals surface area contributed by atoms with Crippen LogP contribution in [0, 0.1) is 17.0 Å². The van der Waals surface area contributed by atoms with Crippen molar-refractivity contribution in [2.75, 3.05) is 13.6 Å². The molecular weight excluding hydrogens is 346 g/mol. The highest BCUT2D eigenvalue weighted by atomic mass is 16.6. The van der Waals surface area contributed by atoms with E-state index in [-0.39, 0.29) is 36.5 Å². The van der Waals surface area contributed by atoms with Crippen LogP contribution in [-0.4, -0.2) is 35.2 Å². The number of aryl methyl sites for hydroxylation is 1. The van der Waals surface area contributed by atoms with Crippen molar-refractivity contribution in [1.29, 1.82) is 0 Å². The summed E-state index contributed by atoms with van der Waals surface area (Å²) in [4.78, 5) is 36.6. The number of nitro groups is 1. The Balaban J connectivity index is 1.91. The molecule has 1 atom stereocenters. The molecular formula is C20H23N3O4. The maximum absolute atomic E-state index is 12.4. The first kappa shape index (κ1) is 20.1. The molecule has 0 aliphatic heterocycles. The lowest BCUT2D eigenvalue weighted by Crippen LogP contribution is -2.33. The second-order valence-electron chi connectivity index (χ2n) is 6.35. The van der Waals surface area contributed by atoms with E-state index in [4.69, 9.17) is 0 Å². The lowest BCUT2D eigenvalue weighted by Gasteiger charge is -2.25. The summed E-state index contributed by atoms with van der Waals surface area (Å²) >= 11 is 0. The topological polar surface area (TPSA) is 92.6 Å². The molecule has 0 heterocycles. The monoisotopic (exact) mass is 369 g/mol. The fraction of sp³-hybridized carbons (Fsp3) is 0.300. The second kappa shape index (κ2) is 8.93. The van der Waals surface area contributed by atoms with Crippen LogP contribution in [0.1, 0.15) is 40.9 Å². The molecule has 142 valence electrons. The zero-order valence-corrected chi connectivity index (χ0v) is 15.6. The van der Waals surface area contributed by atoms with E-state index in [0.717, 1.165) is 5.56 Å². The van der Waals surface area contributed by atoms with E-state index in [1.54, 1.807) is 31.3 Å². The third kappa shape index (κ3) is 5.13. The summed E-state index contributed by atoms with van der Waals surface area (Å²) in [6.45, 7) is 3.88. The summed E-state index contributed by atoms with van der Waals surface area (Å²) < 4.78 is 0. The van der Waals surface area contributed by atoms with E-state index >= 15 is 0 Å². The van der Waals surface area contributed by atoms with Gasteiger partial charge < -0.3 is 10.2 Å². The van der Waals surface area contributed by atoms with Gasteiger partial charge in [-0.1, -0.05) is 30.3 Å². The van der Waals surface area contributed by atoms with E-state index in [2.05, 4.69) is 5.32 Å². The van der Waals surface area contributed by atoms with Crippen molar-refractivity contribution in [3.63, 3.8) is 0 Å². The molecule has 0 bridgehead atoms. The van der Waals surface area contributed by atoms with Crippen molar-refractivity contribution in [2.45, 2.75) is 26.3 Å². The summed E-state index contributed by atoms with van der Waals surface area (Å²) in [6.07, 6.45) is 0.146. The molecule has 0 saturated carbocycles. The van der Waals surface area contributed by atoms with Gasteiger partial charge in [0.15, 0.2) is 0 Å². The Morgan fingerprint density at radius 2 is 1.89 bits per heavy atom. The number of nitrogens with zero attached hydrogens (tertiary/aromatic N) is 2. The Morgan fingerprint density at radius 1 is 1.19 bits per heavy atom. The molecule has 1 N–H and O–H groups in total. The van der Waals surface area contributed by atoms with Gasteiger partial charge in [0.25, 0.3) is 11.6 Å². The van der Waals surface area contributed by atoms with Gasteiger partial charge in [-0.25, -0.2) is 0 Å². The zero-order valence-electron chi connectivity index (χ0n) is 15.6. The normalized spacial score (nSPS) is 11.5. The minimum absolute atomic E-state index is 0.00862. The number of nitrogens with one attached hydrogen (secondary N) is 1. The number of non-ortho nitro benzene ring substituents is 1. The third-order valence-corrected chi connectivity index (χ3v) is 4.55. The van der Waals surface area contributed by atoms with Crippen molar-refractivity contribution < 1.29 is 14.5 Å². The molecule has 0 aliphatic rings. The van der Waals surface area contributed by atoms with E-state index in [1.165, 1.54) is 17.0 Å². The Hall–Kier alpha value is -3.22. The Morgan fingerprint density at radius 3 is 2.56 bits per heavy atom. The largest absolute Gasteiger partial charge is 0.352 e. The number of rotatable bonds is 7. The molecule has 2 amide bonds. The number of hydrogen-bond donors (Lipinski definition) is 1. The molecule has 0 radical (unpaired) electrons. The van der Waals surface area contributed by atoms with Gasteiger partial charge in [0.1, 0.15) is 0 Å². The number of hydrogen-bond acceptors (Lipinski definition) is 4. The molecule has 27 heavy (non-hydrogen) atoms. The van der Waals surface area contributed by atoms with Crippen LogP contribution in [0.25, 0.3) is 0 Å². The number of amides is 2. The van der Waals surface area contributed by atoms with Crippen LogP contribution in [0.15, 0.2) is 48.5 Å². The molecule has 0 aliphatic carbocycles. The molecule has 7 heteroatoms. The van der Waals surface area contributed by atoms with Crippen LogP contribution in [-0.2, 0) is 4.79 Å². The van der Waals surface area contributed by atoms with Crippen molar-refractivity contribution in [2.24, 2.45) is 0 Å². The van der Waals surface area contributed by atoms with Gasteiger partial charge in [-0.15, -0.1) is 0 Å².